The molecule has 0 aromatic heterocycles. The fourth-order valence-electron chi connectivity index (χ4n) is 2.41. The summed E-state index contributed by atoms with van der Waals surface area (Å²) in [4.78, 5) is 36.0. The van der Waals surface area contributed by atoms with Crippen molar-refractivity contribution >= 4 is 56.4 Å². The number of hydrogen-bond donors (Lipinski definition) is 4. The van der Waals surface area contributed by atoms with E-state index in [1.54, 1.807) is 0 Å². The first-order valence-corrected chi connectivity index (χ1v) is 10.5. The summed E-state index contributed by atoms with van der Waals surface area (Å²) in [6, 6.07) is 8.48. The molecule has 0 aliphatic heterocycles. The van der Waals surface area contributed by atoms with Crippen molar-refractivity contribution in [2.45, 2.75) is 6.92 Å². The molecule has 4 N–H and O–H groups in total. The van der Waals surface area contributed by atoms with Gasteiger partial charge in [-0.3, -0.25) is 19.1 Å². The van der Waals surface area contributed by atoms with Gasteiger partial charge in [-0.05, 0) is 36.4 Å². The molecular formula is C18H19ClN4O5S. The van der Waals surface area contributed by atoms with Gasteiger partial charge in [0.1, 0.15) is 0 Å². The number of sulfonamides is 1. The maximum absolute atomic E-state index is 12.8. The van der Waals surface area contributed by atoms with Gasteiger partial charge in [0.15, 0.2) is 0 Å². The highest BCUT2D eigenvalue weighted by atomic mass is 35.5. The van der Waals surface area contributed by atoms with Crippen LogP contribution >= 0.6 is 11.6 Å². The second-order valence-corrected chi connectivity index (χ2v) is 8.20. The molecule has 0 saturated heterocycles. The van der Waals surface area contributed by atoms with Gasteiger partial charge in [-0.25, -0.2) is 8.42 Å². The Labute approximate surface area is 172 Å². The Morgan fingerprint density at radius 3 is 2.07 bits per heavy atom. The summed E-state index contributed by atoms with van der Waals surface area (Å²) in [6.07, 6.45) is 0.950. The Balaban J connectivity index is 2.42. The molecule has 0 unspecified atom stereocenters. The summed E-state index contributed by atoms with van der Waals surface area (Å²) in [5, 5.41) is 7.76. The van der Waals surface area contributed by atoms with Crippen LogP contribution in [0.3, 0.4) is 0 Å². The smallest absolute Gasteiger partial charge is 0.257 e. The molecule has 2 aromatic rings. The van der Waals surface area contributed by atoms with E-state index in [-0.39, 0.29) is 33.4 Å². The molecule has 0 atom stereocenters. The number of anilines is 3. The van der Waals surface area contributed by atoms with Gasteiger partial charge in [-0.1, -0.05) is 11.6 Å². The Morgan fingerprint density at radius 2 is 1.48 bits per heavy atom. The van der Waals surface area contributed by atoms with E-state index >= 15 is 0 Å². The first-order chi connectivity index (χ1) is 13.5. The van der Waals surface area contributed by atoms with Gasteiger partial charge in [0.05, 0.1) is 28.1 Å². The third-order valence-electron chi connectivity index (χ3n) is 3.58. The van der Waals surface area contributed by atoms with Crippen molar-refractivity contribution in [2.24, 2.45) is 0 Å². The minimum atomic E-state index is -3.66. The molecule has 0 saturated carbocycles. The number of benzene rings is 2. The van der Waals surface area contributed by atoms with Crippen LogP contribution in [-0.2, 0) is 14.8 Å². The van der Waals surface area contributed by atoms with Gasteiger partial charge in [-0.2, -0.15) is 0 Å². The summed E-state index contributed by atoms with van der Waals surface area (Å²) in [7, 11) is -2.21. The van der Waals surface area contributed by atoms with Crippen LogP contribution in [0.1, 0.15) is 27.6 Å². The van der Waals surface area contributed by atoms with Gasteiger partial charge in [0, 0.05) is 25.3 Å². The lowest BCUT2D eigenvalue weighted by molar-refractivity contribution is -0.114. The van der Waals surface area contributed by atoms with Crippen LogP contribution in [0.4, 0.5) is 17.1 Å². The molecule has 29 heavy (non-hydrogen) atoms. The molecule has 0 fully saturated rings. The number of carbonyl (C=O) groups excluding carboxylic acids is 3. The average Bonchev–Trinajstić information content (AvgIpc) is 2.62. The molecule has 3 amide bonds. The largest absolute Gasteiger partial charge is 0.355 e. The first kappa shape index (κ1) is 22.2. The van der Waals surface area contributed by atoms with Crippen molar-refractivity contribution in [1.29, 1.82) is 0 Å². The van der Waals surface area contributed by atoms with Crippen molar-refractivity contribution in [3.05, 3.63) is 52.5 Å². The Hall–Kier alpha value is -3.11. The third kappa shape index (κ3) is 6.19. The molecule has 9 nitrogen and oxygen atoms in total. The van der Waals surface area contributed by atoms with E-state index in [2.05, 4.69) is 20.7 Å². The predicted molar refractivity (Wildman–Crippen MR) is 112 cm³/mol. The zero-order valence-corrected chi connectivity index (χ0v) is 17.4. The van der Waals surface area contributed by atoms with E-state index in [4.69, 9.17) is 11.6 Å². The number of rotatable bonds is 6. The minimum Gasteiger partial charge on any atom is -0.355 e. The highest BCUT2D eigenvalue weighted by Gasteiger charge is 2.17. The lowest BCUT2D eigenvalue weighted by Gasteiger charge is -2.14. The number of hydrogen-bond acceptors (Lipinski definition) is 5. The van der Waals surface area contributed by atoms with Crippen LogP contribution in [0, 0.1) is 0 Å². The topological polar surface area (TPSA) is 133 Å². The predicted octanol–water partition coefficient (Wildman–Crippen LogP) is 2.28. The summed E-state index contributed by atoms with van der Waals surface area (Å²) >= 11 is 6.00. The highest BCUT2D eigenvalue weighted by molar-refractivity contribution is 7.92. The van der Waals surface area contributed by atoms with Gasteiger partial charge >= 0.3 is 0 Å². The SMILES string of the molecule is CNC(=O)c1cc(NC(=O)c2cc(NC(C)=O)ccc2NS(C)(=O)=O)ccc1Cl. The van der Waals surface area contributed by atoms with E-state index in [1.807, 2.05) is 0 Å². The van der Waals surface area contributed by atoms with Crippen molar-refractivity contribution in [2.75, 3.05) is 28.7 Å². The summed E-state index contributed by atoms with van der Waals surface area (Å²) in [6.45, 7) is 1.30. The lowest BCUT2D eigenvalue weighted by Crippen LogP contribution is -2.20. The van der Waals surface area contributed by atoms with Crippen molar-refractivity contribution in [3.8, 4) is 0 Å². The summed E-state index contributed by atoms with van der Waals surface area (Å²) < 4.78 is 25.5. The van der Waals surface area contributed by atoms with Crippen molar-refractivity contribution < 1.29 is 22.8 Å². The van der Waals surface area contributed by atoms with Crippen LogP contribution in [-0.4, -0.2) is 39.4 Å². The maximum Gasteiger partial charge on any atom is 0.257 e. The number of amides is 3. The molecule has 0 radical (unpaired) electrons. The highest BCUT2D eigenvalue weighted by Crippen LogP contribution is 2.25. The second kappa shape index (κ2) is 8.93. The van der Waals surface area contributed by atoms with E-state index < -0.39 is 21.8 Å². The molecule has 0 aliphatic carbocycles. The van der Waals surface area contributed by atoms with Crippen molar-refractivity contribution in [1.82, 2.24) is 5.32 Å². The minimum absolute atomic E-state index is 0.0274. The molecule has 0 bridgehead atoms. The third-order valence-corrected chi connectivity index (χ3v) is 4.50. The van der Waals surface area contributed by atoms with Crippen LogP contribution in [0.15, 0.2) is 36.4 Å². The zero-order chi connectivity index (χ0) is 21.8. The molecular weight excluding hydrogens is 420 g/mol. The Kier molecular flexibility index (Phi) is 6.83. The molecule has 0 heterocycles. The summed E-state index contributed by atoms with van der Waals surface area (Å²) in [5.41, 5.74) is 0.739. The number of nitrogens with one attached hydrogen (secondary N) is 4. The van der Waals surface area contributed by atoms with Crippen LogP contribution < -0.4 is 20.7 Å². The molecule has 0 spiro atoms. The quantitative estimate of drug-likeness (QED) is 0.549. The Bertz CT molecular complexity index is 1090. The zero-order valence-electron chi connectivity index (χ0n) is 15.8. The van der Waals surface area contributed by atoms with Gasteiger partial charge in [0.25, 0.3) is 11.8 Å². The van der Waals surface area contributed by atoms with E-state index in [0.29, 0.717) is 5.69 Å². The maximum atomic E-state index is 12.8. The first-order valence-electron chi connectivity index (χ1n) is 8.22. The number of halogens is 1. The average molecular weight is 439 g/mol. The fraction of sp³-hybridized carbons (Fsp3) is 0.167. The molecule has 11 heteroatoms. The van der Waals surface area contributed by atoms with Gasteiger partial charge < -0.3 is 16.0 Å². The molecule has 154 valence electrons. The summed E-state index contributed by atoms with van der Waals surface area (Å²) in [5.74, 6) is -1.44. The van der Waals surface area contributed by atoms with Gasteiger partial charge in [0.2, 0.25) is 15.9 Å². The van der Waals surface area contributed by atoms with E-state index in [9.17, 15) is 22.8 Å². The molecule has 2 aromatic carbocycles. The molecule has 0 aliphatic rings. The lowest BCUT2D eigenvalue weighted by atomic mass is 10.1. The molecule has 2 rings (SSSR count). The second-order valence-electron chi connectivity index (χ2n) is 6.04. The fourth-order valence-corrected chi connectivity index (χ4v) is 3.19. The van der Waals surface area contributed by atoms with Crippen molar-refractivity contribution in [3.63, 3.8) is 0 Å². The van der Waals surface area contributed by atoms with Gasteiger partial charge in [-0.15, -0.1) is 0 Å². The van der Waals surface area contributed by atoms with E-state index in [1.165, 1.54) is 50.4 Å². The normalized spacial score (nSPS) is 10.8. The van der Waals surface area contributed by atoms with E-state index in [0.717, 1.165) is 6.26 Å². The number of carbonyl (C=O) groups is 3. The monoisotopic (exact) mass is 438 g/mol. The Morgan fingerprint density at radius 1 is 0.897 bits per heavy atom. The van der Waals surface area contributed by atoms with Crippen LogP contribution in [0.25, 0.3) is 0 Å². The van der Waals surface area contributed by atoms with Crippen LogP contribution in [0.5, 0.6) is 0 Å². The standard InChI is InChI=1S/C18H19ClN4O5S/c1-10(24)21-11-5-7-16(23-29(3,27)28)14(9-11)18(26)22-12-4-6-15(19)13(8-12)17(25)20-2/h4-9,23H,1-3H3,(H,20,25)(H,21,24)(H,22,26). The van der Waals surface area contributed by atoms with Crippen LogP contribution in [0.2, 0.25) is 5.02 Å².